The van der Waals surface area contributed by atoms with E-state index in [0.717, 1.165) is 11.3 Å². The summed E-state index contributed by atoms with van der Waals surface area (Å²) in [5.74, 6) is -0.405. The summed E-state index contributed by atoms with van der Waals surface area (Å²) in [5.41, 5.74) is 2.05. The Morgan fingerprint density at radius 1 is 1.17 bits per heavy atom. The second-order valence-corrected chi connectivity index (χ2v) is 5.10. The Labute approximate surface area is 138 Å². The van der Waals surface area contributed by atoms with Crippen molar-refractivity contribution >= 4 is 17.3 Å². The van der Waals surface area contributed by atoms with Crippen LogP contribution in [0.25, 0.3) is 0 Å². The Morgan fingerprint density at radius 3 is 2.58 bits per heavy atom. The number of aliphatic hydroxyl groups excluding tert-OH is 1. The molecule has 7 heteroatoms. The number of anilines is 2. The standard InChI is InChI=1S/C17H18F2N2O3/c1-11(12-4-2-7-15(8-12)24-17(18)19)20-13-5-3-6-14(9-13)21-16(23)10-22/h2-9,11,17,20,22H,10H2,1H3,(H,21,23). The monoisotopic (exact) mass is 336 g/mol. The van der Waals surface area contributed by atoms with Gasteiger partial charge in [-0.3, -0.25) is 4.79 Å². The van der Waals surface area contributed by atoms with Gasteiger partial charge in [0.05, 0.1) is 0 Å². The van der Waals surface area contributed by atoms with Crippen LogP contribution in [-0.2, 0) is 4.79 Å². The first kappa shape index (κ1) is 17.7. The van der Waals surface area contributed by atoms with Gasteiger partial charge in [-0.1, -0.05) is 18.2 Å². The average molecular weight is 336 g/mol. The summed E-state index contributed by atoms with van der Waals surface area (Å²) < 4.78 is 29.0. The molecule has 2 aromatic rings. The van der Waals surface area contributed by atoms with E-state index in [4.69, 9.17) is 5.11 Å². The lowest BCUT2D eigenvalue weighted by Crippen LogP contribution is -2.15. The summed E-state index contributed by atoms with van der Waals surface area (Å²) in [4.78, 5) is 11.2. The summed E-state index contributed by atoms with van der Waals surface area (Å²) in [5, 5.41) is 14.5. The van der Waals surface area contributed by atoms with Gasteiger partial charge in [-0.05, 0) is 42.8 Å². The predicted molar refractivity (Wildman–Crippen MR) is 87.3 cm³/mol. The van der Waals surface area contributed by atoms with Gasteiger partial charge < -0.3 is 20.5 Å². The van der Waals surface area contributed by atoms with Crippen LogP contribution in [0.3, 0.4) is 0 Å². The zero-order chi connectivity index (χ0) is 17.5. The predicted octanol–water partition coefficient (Wildman–Crippen LogP) is 3.39. The van der Waals surface area contributed by atoms with Crippen LogP contribution in [0.5, 0.6) is 5.75 Å². The molecule has 5 nitrogen and oxygen atoms in total. The molecule has 0 aliphatic heterocycles. The van der Waals surface area contributed by atoms with Crippen molar-refractivity contribution in [3.8, 4) is 5.75 Å². The fraction of sp³-hybridized carbons (Fsp3) is 0.235. The number of ether oxygens (including phenoxy) is 1. The molecule has 1 atom stereocenters. The zero-order valence-corrected chi connectivity index (χ0v) is 13.0. The van der Waals surface area contributed by atoms with Crippen molar-refractivity contribution in [2.24, 2.45) is 0 Å². The van der Waals surface area contributed by atoms with Gasteiger partial charge in [-0.2, -0.15) is 8.78 Å². The lowest BCUT2D eigenvalue weighted by atomic mass is 10.1. The Balaban J connectivity index is 2.07. The molecule has 0 saturated heterocycles. The molecule has 3 N–H and O–H groups in total. The van der Waals surface area contributed by atoms with Gasteiger partial charge in [-0.15, -0.1) is 0 Å². The van der Waals surface area contributed by atoms with E-state index in [1.807, 2.05) is 13.0 Å². The van der Waals surface area contributed by atoms with Crippen LogP contribution in [-0.4, -0.2) is 24.2 Å². The van der Waals surface area contributed by atoms with Gasteiger partial charge in [0, 0.05) is 17.4 Å². The van der Waals surface area contributed by atoms with E-state index in [1.54, 1.807) is 36.4 Å². The van der Waals surface area contributed by atoms with E-state index in [2.05, 4.69) is 15.4 Å². The lowest BCUT2D eigenvalue weighted by molar-refractivity contribution is -0.118. The van der Waals surface area contributed by atoms with Crippen molar-refractivity contribution in [1.29, 1.82) is 0 Å². The molecule has 0 bridgehead atoms. The van der Waals surface area contributed by atoms with Gasteiger partial charge in [0.2, 0.25) is 5.91 Å². The normalized spacial score (nSPS) is 11.9. The molecular weight excluding hydrogens is 318 g/mol. The fourth-order valence-electron chi connectivity index (χ4n) is 2.18. The number of halogens is 2. The maximum atomic E-state index is 12.3. The molecule has 0 spiro atoms. The number of rotatable bonds is 7. The molecule has 0 fully saturated rings. The third-order valence-electron chi connectivity index (χ3n) is 3.26. The lowest BCUT2D eigenvalue weighted by Gasteiger charge is -2.17. The van der Waals surface area contributed by atoms with E-state index >= 15 is 0 Å². The first-order valence-corrected chi connectivity index (χ1v) is 7.30. The number of benzene rings is 2. The molecule has 1 unspecified atom stereocenters. The fourth-order valence-corrected chi connectivity index (χ4v) is 2.18. The van der Waals surface area contributed by atoms with Gasteiger partial charge in [-0.25, -0.2) is 0 Å². The van der Waals surface area contributed by atoms with Crippen LogP contribution in [0.15, 0.2) is 48.5 Å². The molecule has 0 heterocycles. The molecule has 2 aromatic carbocycles. The van der Waals surface area contributed by atoms with Crippen LogP contribution in [0.1, 0.15) is 18.5 Å². The Kier molecular flexibility index (Phi) is 6.08. The second kappa shape index (κ2) is 8.26. The molecule has 24 heavy (non-hydrogen) atoms. The van der Waals surface area contributed by atoms with E-state index in [0.29, 0.717) is 5.69 Å². The summed E-state index contributed by atoms with van der Waals surface area (Å²) in [6, 6.07) is 13.2. The van der Waals surface area contributed by atoms with Crippen LogP contribution >= 0.6 is 0 Å². The molecule has 2 rings (SSSR count). The van der Waals surface area contributed by atoms with Crippen LogP contribution in [0, 0.1) is 0 Å². The third kappa shape index (κ3) is 5.20. The van der Waals surface area contributed by atoms with Crippen molar-refractivity contribution in [3.63, 3.8) is 0 Å². The average Bonchev–Trinajstić information content (AvgIpc) is 2.54. The highest BCUT2D eigenvalue weighted by Gasteiger charge is 2.10. The highest BCUT2D eigenvalue weighted by atomic mass is 19.3. The van der Waals surface area contributed by atoms with E-state index < -0.39 is 19.1 Å². The zero-order valence-electron chi connectivity index (χ0n) is 13.0. The number of carbonyl (C=O) groups is 1. The number of hydrogen-bond acceptors (Lipinski definition) is 4. The molecule has 0 aliphatic rings. The SMILES string of the molecule is CC(Nc1cccc(NC(=O)CO)c1)c1cccc(OC(F)F)c1. The van der Waals surface area contributed by atoms with Crippen molar-refractivity contribution in [1.82, 2.24) is 0 Å². The van der Waals surface area contributed by atoms with Gasteiger partial charge in [0.1, 0.15) is 12.4 Å². The van der Waals surface area contributed by atoms with E-state index in [1.165, 1.54) is 6.07 Å². The summed E-state index contributed by atoms with van der Waals surface area (Å²) in [6.45, 7) is -1.58. The Bertz CT molecular complexity index is 695. The summed E-state index contributed by atoms with van der Waals surface area (Å²) >= 11 is 0. The quantitative estimate of drug-likeness (QED) is 0.725. The maximum Gasteiger partial charge on any atom is 0.387 e. The second-order valence-electron chi connectivity index (χ2n) is 5.10. The van der Waals surface area contributed by atoms with Gasteiger partial charge in [0.25, 0.3) is 0 Å². The maximum absolute atomic E-state index is 12.3. The molecule has 128 valence electrons. The number of alkyl halides is 2. The van der Waals surface area contributed by atoms with Crippen LogP contribution in [0.4, 0.5) is 20.2 Å². The summed E-state index contributed by atoms with van der Waals surface area (Å²) in [6.07, 6.45) is 0. The van der Waals surface area contributed by atoms with Crippen LogP contribution < -0.4 is 15.4 Å². The smallest absolute Gasteiger partial charge is 0.387 e. The number of nitrogens with one attached hydrogen (secondary N) is 2. The van der Waals surface area contributed by atoms with Crippen LogP contribution in [0.2, 0.25) is 0 Å². The minimum absolute atomic E-state index is 0.0973. The van der Waals surface area contributed by atoms with Crippen molar-refractivity contribution < 1.29 is 23.4 Å². The van der Waals surface area contributed by atoms with Gasteiger partial charge >= 0.3 is 6.61 Å². The minimum Gasteiger partial charge on any atom is -0.435 e. The molecular formula is C17H18F2N2O3. The third-order valence-corrected chi connectivity index (χ3v) is 3.26. The highest BCUT2D eigenvalue weighted by molar-refractivity contribution is 5.91. The van der Waals surface area contributed by atoms with E-state index in [-0.39, 0.29) is 11.8 Å². The Hall–Kier alpha value is -2.67. The largest absolute Gasteiger partial charge is 0.435 e. The first-order chi connectivity index (χ1) is 11.5. The van der Waals surface area contributed by atoms with Gasteiger partial charge in [0.15, 0.2) is 0 Å². The first-order valence-electron chi connectivity index (χ1n) is 7.30. The molecule has 0 radical (unpaired) electrons. The summed E-state index contributed by atoms with van der Waals surface area (Å²) in [7, 11) is 0. The van der Waals surface area contributed by atoms with Crippen molar-refractivity contribution in [3.05, 3.63) is 54.1 Å². The minimum atomic E-state index is -2.87. The number of hydrogen-bond donors (Lipinski definition) is 3. The molecule has 0 saturated carbocycles. The highest BCUT2D eigenvalue weighted by Crippen LogP contribution is 2.25. The molecule has 0 aromatic heterocycles. The molecule has 1 amide bonds. The number of carbonyl (C=O) groups excluding carboxylic acids is 1. The van der Waals surface area contributed by atoms with E-state index in [9.17, 15) is 13.6 Å². The Morgan fingerprint density at radius 2 is 1.88 bits per heavy atom. The topological polar surface area (TPSA) is 70.6 Å². The number of amides is 1. The number of aliphatic hydroxyl groups is 1. The molecule has 0 aliphatic carbocycles. The van der Waals surface area contributed by atoms with Crippen molar-refractivity contribution in [2.45, 2.75) is 19.6 Å². The van der Waals surface area contributed by atoms with Crippen molar-refractivity contribution in [2.75, 3.05) is 17.2 Å².